The predicted octanol–water partition coefficient (Wildman–Crippen LogP) is 3.38. The summed E-state index contributed by atoms with van der Waals surface area (Å²) in [5, 5.41) is 0. The summed E-state index contributed by atoms with van der Waals surface area (Å²) >= 11 is -2.06. The number of nitrogens with two attached hydrogens (primary N) is 1. The molecule has 0 heterocycles. The monoisotopic (exact) mass is 332 g/mol. The predicted molar refractivity (Wildman–Crippen MR) is 91.1 cm³/mol. The molecule has 0 saturated heterocycles. The topological polar surface area (TPSA) is 35.2 Å². The van der Waals surface area contributed by atoms with Gasteiger partial charge in [-0.15, -0.1) is 0 Å². The first-order valence-corrected chi connectivity index (χ1v) is 10.3. The molecule has 2 aromatic carbocycles. The van der Waals surface area contributed by atoms with E-state index in [9.17, 15) is 0 Å². The Morgan fingerprint density at radius 1 is 0.909 bits per heavy atom. The Morgan fingerprint density at radius 2 is 1.59 bits per heavy atom. The zero-order valence-corrected chi connectivity index (χ0v) is 15.7. The van der Waals surface area contributed by atoms with E-state index in [-0.39, 0.29) is 0 Å². The van der Waals surface area contributed by atoms with Gasteiger partial charge in [-0.1, -0.05) is 0 Å². The summed E-state index contributed by atoms with van der Waals surface area (Å²) in [6, 6.07) is 15.0. The molecule has 2 aromatic rings. The summed E-state index contributed by atoms with van der Waals surface area (Å²) in [6.07, 6.45) is 0. The Morgan fingerprint density at radius 3 is 2.18 bits per heavy atom. The molecule has 2 nitrogen and oxygen atoms in total. The first-order valence-electron chi connectivity index (χ1n) is 7.85. The van der Waals surface area contributed by atoms with Crippen molar-refractivity contribution in [3.05, 3.63) is 53.6 Å². The molecule has 0 radical (unpaired) electrons. The normalized spacial score (nSPS) is 11.1. The van der Waals surface area contributed by atoms with Crippen molar-refractivity contribution in [3.8, 4) is 5.75 Å². The Labute approximate surface area is 140 Å². The van der Waals surface area contributed by atoms with E-state index in [0.717, 1.165) is 5.75 Å². The molecule has 0 aliphatic carbocycles. The third-order valence-electron chi connectivity index (χ3n) is 4.05. The number of hydrogen-bond donors (Lipinski definition) is 1. The molecule has 0 bridgehead atoms. The van der Waals surface area contributed by atoms with E-state index in [2.05, 4.69) is 58.0 Å². The van der Waals surface area contributed by atoms with Crippen LogP contribution in [-0.4, -0.2) is 7.11 Å². The maximum atomic E-state index is 6.74. The van der Waals surface area contributed by atoms with Gasteiger partial charge in [0.05, 0.1) is 0 Å². The molecule has 3 heteroatoms. The van der Waals surface area contributed by atoms with Gasteiger partial charge in [0.15, 0.2) is 0 Å². The molecule has 2 rings (SSSR count). The molecule has 22 heavy (non-hydrogen) atoms. The second-order valence-electron chi connectivity index (χ2n) is 6.27. The third-order valence-corrected chi connectivity index (χ3v) is 7.22. The van der Waals surface area contributed by atoms with Crippen molar-refractivity contribution in [2.75, 3.05) is 7.11 Å². The zero-order valence-electron chi connectivity index (χ0n) is 14.2. The molecular formula is C19H26NOTi. The van der Waals surface area contributed by atoms with Gasteiger partial charge >= 0.3 is 141 Å². The van der Waals surface area contributed by atoms with E-state index in [4.69, 9.17) is 8.95 Å². The van der Waals surface area contributed by atoms with Crippen molar-refractivity contribution < 1.29 is 22.9 Å². The number of hydrogen-bond acceptors (Lipinski definition) is 2. The minimum atomic E-state index is -2.06. The van der Waals surface area contributed by atoms with Gasteiger partial charge in [0.1, 0.15) is 0 Å². The fourth-order valence-electron chi connectivity index (χ4n) is 2.68. The van der Waals surface area contributed by atoms with Gasteiger partial charge in [-0.25, -0.2) is 0 Å². The fraction of sp³-hybridized carbons (Fsp3) is 0.368. The van der Waals surface area contributed by atoms with Gasteiger partial charge in [-0.2, -0.15) is 0 Å². The average Bonchev–Trinajstić information content (AvgIpc) is 2.53. The van der Waals surface area contributed by atoms with Crippen molar-refractivity contribution >= 4 is 7.74 Å². The van der Waals surface area contributed by atoms with Crippen LogP contribution < -0.4 is 16.7 Å². The first kappa shape index (κ1) is 17.3. The van der Waals surface area contributed by atoms with Crippen molar-refractivity contribution in [2.24, 2.45) is 4.22 Å². The second-order valence-corrected chi connectivity index (χ2v) is 9.24. The molecular weight excluding hydrogens is 306 g/mol. The second kappa shape index (κ2) is 7.45. The van der Waals surface area contributed by atoms with Crippen LogP contribution in [0, 0.1) is 0 Å². The Hall–Kier alpha value is -1.09. The molecule has 0 atom stereocenters. The summed E-state index contributed by atoms with van der Waals surface area (Å²) in [6.45, 7) is 8.96. The van der Waals surface area contributed by atoms with E-state index in [1.54, 1.807) is 7.11 Å². The fourth-order valence-corrected chi connectivity index (χ4v) is 5.72. The Bertz CT molecular complexity index is 637. The molecule has 0 amide bonds. The van der Waals surface area contributed by atoms with E-state index in [0.29, 0.717) is 11.8 Å². The first-order chi connectivity index (χ1) is 10.5. The van der Waals surface area contributed by atoms with Gasteiger partial charge in [-0.05, 0) is 0 Å². The van der Waals surface area contributed by atoms with Gasteiger partial charge in [-0.3, -0.25) is 0 Å². The van der Waals surface area contributed by atoms with Crippen molar-refractivity contribution in [1.82, 2.24) is 0 Å². The van der Waals surface area contributed by atoms with Crippen LogP contribution >= 0.6 is 0 Å². The number of para-hydroxylation sites is 1. The third kappa shape index (κ3) is 3.63. The quantitative estimate of drug-likeness (QED) is 0.852. The zero-order chi connectivity index (χ0) is 16.3. The van der Waals surface area contributed by atoms with Crippen LogP contribution in [-0.2, 0) is 18.1 Å². The summed E-state index contributed by atoms with van der Waals surface area (Å²) in [5.41, 5.74) is 2.79. The summed E-state index contributed by atoms with van der Waals surface area (Å²) in [4.78, 5) is 0. The van der Waals surface area contributed by atoms with Gasteiger partial charge in [0, 0.05) is 0 Å². The minimum absolute atomic E-state index is 0.481. The molecule has 0 aliphatic rings. The molecule has 0 aliphatic heterocycles. The number of benzene rings is 2. The molecule has 0 aromatic heterocycles. The molecule has 117 valence electrons. The van der Waals surface area contributed by atoms with E-state index in [1.165, 1.54) is 18.9 Å². The maximum absolute atomic E-state index is 6.74. The van der Waals surface area contributed by atoms with Crippen LogP contribution in [0.2, 0.25) is 0 Å². The average molecular weight is 332 g/mol. The van der Waals surface area contributed by atoms with Crippen LogP contribution in [0.1, 0.15) is 50.7 Å². The van der Waals surface area contributed by atoms with Gasteiger partial charge in [0.2, 0.25) is 0 Å². The summed E-state index contributed by atoms with van der Waals surface area (Å²) in [7, 11) is 1.72. The van der Waals surface area contributed by atoms with Crippen LogP contribution in [0.15, 0.2) is 42.5 Å². The molecule has 2 N–H and O–H groups in total. The number of methoxy groups -OCH3 is 1. The number of ether oxygens (including phenoxy) is 1. The molecule has 0 unspecified atom stereocenters. The van der Waals surface area contributed by atoms with Crippen LogP contribution in [0.25, 0.3) is 0 Å². The Kier molecular flexibility index (Phi) is 5.85. The summed E-state index contributed by atoms with van der Waals surface area (Å²) in [5.74, 6) is 1.94. The van der Waals surface area contributed by atoms with Crippen molar-refractivity contribution in [2.45, 2.75) is 39.5 Å². The van der Waals surface area contributed by atoms with Crippen LogP contribution in [0.3, 0.4) is 0 Å². The Balaban J connectivity index is 2.51. The number of rotatable bonds is 5. The van der Waals surface area contributed by atoms with Crippen LogP contribution in [0.4, 0.5) is 0 Å². The van der Waals surface area contributed by atoms with Crippen molar-refractivity contribution in [1.29, 1.82) is 0 Å². The molecule has 0 spiro atoms. The van der Waals surface area contributed by atoms with Crippen LogP contribution in [0.5, 0.6) is 5.75 Å². The molecule has 0 saturated carbocycles. The van der Waals surface area contributed by atoms with Crippen molar-refractivity contribution in [3.63, 3.8) is 0 Å². The van der Waals surface area contributed by atoms with Gasteiger partial charge < -0.3 is 0 Å². The standard InChI is InChI=1S/C12H17.C7H7O.H2N.Ti/c1-9(2)11-6-5-7-12(8-11)10(3)4;1-8-7-5-3-2-4-6-7;;/h5-6,8-10H,1-4H3;2-5H,1H3;1H2;/q;;-1;+1. The summed E-state index contributed by atoms with van der Waals surface area (Å²) < 4.78 is 14.8. The van der Waals surface area contributed by atoms with Gasteiger partial charge in [0.25, 0.3) is 0 Å². The SMILES string of the molecule is COc1cccc[c]1[Ti]([NH2])[c]1ccc(C(C)C)cc1C(C)C. The van der Waals surface area contributed by atoms with E-state index in [1.807, 2.05) is 12.1 Å². The molecule has 0 fully saturated rings. The van der Waals surface area contributed by atoms with E-state index < -0.39 is 18.1 Å². The van der Waals surface area contributed by atoms with E-state index >= 15 is 0 Å².